The van der Waals surface area contributed by atoms with Gasteiger partial charge in [-0.1, -0.05) is 6.92 Å². The summed E-state index contributed by atoms with van der Waals surface area (Å²) < 4.78 is 5.04. The summed E-state index contributed by atoms with van der Waals surface area (Å²) in [6, 6.07) is 2.28. The van der Waals surface area contributed by atoms with Crippen LogP contribution in [0.3, 0.4) is 0 Å². The molecule has 0 aliphatic heterocycles. The molecular weight excluding hydrogens is 208 g/mol. The average molecular weight is 222 g/mol. The van der Waals surface area contributed by atoms with E-state index in [2.05, 4.69) is 22.6 Å². The molecule has 1 N–H and O–H groups in total. The van der Waals surface area contributed by atoms with Gasteiger partial charge >= 0.3 is 0 Å². The number of nitrogens with one attached hydrogen (secondary N) is 1. The highest BCUT2D eigenvalue weighted by molar-refractivity contribution is 7.13. The van der Waals surface area contributed by atoms with Gasteiger partial charge < -0.3 is 9.73 Å². The van der Waals surface area contributed by atoms with Crippen LogP contribution in [0.25, 0.3) is 10.6 Å². The lowest BCUT2D eigenvalue weighted by Crippen LogP contribution is -2.15. The lowest BCUT2D eigenvalue weighted by molar-refractivity contribution is 0.564. The second-order valence-electron chi connectivity index (χ2n) is 3.34. The third kappa shape index (κ3) is 2.11. The highest BCUT2D eigenvalue weighted by atomic mass is 32.1. The van der Waals surface area contributed by atoms with E-state index in [0.29, 0.717) is 6.04 Å². The minimum absolute atomic E-state index is 0.349. The number of hydrogen-bond acceptors (Lipinski definition) is 4. The van der Waals surface area contributed by atoms with Crippen LogP contribution in [0.1, 0.15) is 25.1 Å². The van der Waals surface area contributed by atoms with Crippen molar-refractivity contribution in [3.8, 4) is 10.6 Å². The third-order valence-corrected chi connectivity index (χ3v) is 3.31. The first kappa shape index (κ1) is 10.4. The van der Waals surface area contributed by atoms with Gasteiger partial charge in [-0.15, -0.1) is 11.3 Å². The fourth-order valence-corrected chi connectivity index (χ4v) is 2.39. The number of aromatic nitrogens is 1. The average Bonchev–Trinajstić information content (AvgIpc) is 2.89. The Balaban J connectivity index is 2.24. The van der Waals surface area contributed by atoms with Gasteiger partial charge in [0.15, 0.2) is 0 Å². The molecule has 0 aromatic carbocycles. The van der Waals surface area contributed by atoms with E-state index in [1.165, 1.54) is 0 Å². The number of rotatable bonds is 4. The van der Waals surface area contributed by atoms with Gasteiger partial charge in [0.25, 0.3) is 0 Å². The van der Waals surface area contributed by atoms with Crippen molar-refractivity contribution in [2.24, 2.45) is 0 Å². The molecule has 1 atom stereocenters. The SMILES string of the molecule is CCC(NC)c1csc(-c2ccoc2)n1. The minimum Gasteiger partial charge on any atom is -0.472 e. The van der Waals surface area contributed by atoms with Crippen LogP contribution in [-0.2, 0) is 0 Å². The molecule has 2 heterocycles. The molecule has 0 radical (unpaired) electrons. The van der Waals surface area contributed by atoms with Crippen LogP contribution in [0.4, 0.5) is 0 Å². The van der Waals surface area contributed by atoms with Crippen molar-refractivity contribution in [2.45, 2.75) is 19.4 Å². The van der Waals surface area contributed by atoms with Crippen LogP contribution in [-0.4, -0.2) is 12.0 Å². The number of furan rings is 1. The van der Waals surface area contributed by atoms with Crippen molar-refractivity contribution < 1.29 is 4.42 Å². The first-order valence-electron chi connectivity index (χ1n) is 5.00. The smallest absolute Gasteiger partial charge is 0.126 e. The summed E-state index contributed by atoms with van der Waals surface area (Å²) in [7, 11) is 1.96. The zero-order valence-electron chi connectivity index (χ0n) is 8.86. The molecule has 0 bridgehead atoms. The number of thiazole rings is 1. The summed E-state index contributed by atoms with van der Waals surface area (Å²) in [6.45, 7) is 2.15. The number of hydrogen-bond donors (Lipinski definition) is 1. The van der Waals surface area contributed by atoms with Gasteiger partial charge in [0.1, 0.15) is 11.3 Å². The zero-order chi connectivity index (χ0) is 10.7. The highest BCUT2D eigenvalue weighted by Gasteiger charge is 2.12. The largest absolute Gasteiger partial charge is 0.472 e. The molecule has 0 aliphatic rings. The molecule has 0 aliphatic carbocycles. The Morgan fingerprint density at radius 3 is 3.07 bits per heavy atom. The Labute approximate surface area is 93.2 Å². The normalized spacial score (nSPS) is 12.9. The molecule has 0 saturated carbocycles. The van der Waals surface area contributed by atoms with Gasteiger partial charge in [-0.2, -0.15) is 0 Å². The monoisotopic (exact) mass is 222 g/mol. The van der Waals surface area contributed by atoms with E-state index >= 15 is 0 Å². The van der Waals surface area contributed by atoms with Crippen molar-refractivity contribution in [3.63, 3.8) is 0 Å². The standard InChI is InChI=1S/C11H14N2OS/c1-3-9(12-2)10-7-15-11(13-10)8-4-5-14-6-8/h4-7,9,12H,3H2,1-2H3. The molecule has 15 heavy (non-hydrogen) atoms. The van der Waals surface area contributed by atoms with Crippen LogP contribution in [0.2, 0.25) is 0 Å². The summed E-state index contributed by atoms with van der Waals surface area (Å²) in [5.74, 6) is 0. The predicted octanol–water partition coefficient (Wildman–Crippen LogP) is 3.07. The van der Waals surface area contributed by atoms with Gasteiger partial charge in [-0.3, -0.25) is 0 Å². The zero-order valence-corrected chi connectivity index (χ0v) is 9.67. The van der Waals surface area contributed by atoms with Crippen LogP contribution in [0.5, 0.6) is 0 Å². The second-order valence-corrected chi connectivity index (χ2v) is 4.20. The first-order chi connectivity index (χ1) is 7.35. The van der Waals surface area contributed by atoms with Crippen molar-refractivity contribution in [1.82, 2.24) is 10.3 Å². The predicted molar refractivity (Wildman–Crippen MR) is 61.9 cm³/mol. The van der Waals surface area contributed by atoms with Crippen molar-refractivity contribution in [1.29, 1.82) is 0 Å². The lowest BCUT2D eigenvalue weighted by Gasteiger charge is -2.09. The van der Waals surface area contributed by atoms with E-state index in [1.54, 1.807) is 23.9 Å². The van der Waals surface area contributed by atoms with E-state index in [4.69, 9.17) is 4.42 Å². The van der Waals surface area contributed by atoms with Gasteiger partial charge in [0.05, 0.1) is 12.0 Å². The summed E-state index contributed by atoms with van der Waals surface area (Å²) in [5, 5.41) is 6.37. The molecule has 0 fully saturated rings. The van der Waals surface area contributed by atoms with Gasteiger partial charge in [0.2, 0.25) is 0 Å². The Kier molecular flexibility index (Phi) is 3.18. The molecule has 2 aromatic rings. The Bertz CT molecular complexity index is 404. The topological polar surface area (TPSA) is 38.1 Å². The van der Waals surface area contributed by atoms with E-state index in [-0.39, 0.29) is 0 Å². The van der Waals surface area contributed by atoms with Crippen LogP contribution < -0.4 is 5.32 Å². The quantitative estimate of drug-likeness (QED) is 0.864. The van der Waals surface area contributed by atoms with Gasteiger partial charge in [-0.25, -0.2) is 4.98 Å². The van der Waals surface area contributed by atoms with Crippen LogP contribution >= 0.6 is 11.3 Å². The molecule has 4 heteroatoms. The molecule has 2 aromatic heterocycles. The molecule has 80 valence electrons. The molecule has 0 spiro atoms. The molecular formula is C11H14N2OS. The van der Waals surface area contributed by atoms with Gasteiger partial charge in [0, 0.05) is 17.0 Å². The molecule has 0 saturated heterocycles. The van der Waals surface area contributed by atoms with Gasteiger partial charge in [-0.05, 0) is 19.5 Å². The van der Waals surface area contributed by atoms with Crippen LogP contribution in [0, 0.1) is 0 Å². The van der Waals surface area contributed by atoms with Crippen molar-refractivity contribution >= 4 is 11.3 Å². The number of nitrogens with zero attached hydrogens (tertiary/aromatic N) is 1. The third-order valence-electron chi connectivity index (χ3n) is 2.40. The Morgan fingerprint density at radius 2 is 2.47 bits per heavy atom. The van der Waals surface area contributed by atoms with E-state index in [0.717, 1.165) is 22.7 Å². The van der Waals surface area contributed by atoms with Crippen molar-refractivity contribution in [3.05, 3.63) is 29.7 Å². The van der Waals surface area contributed by atoms with E-state index in [9.17, 15) is 0 Å². The first-order valence-corrected chi connectivity index (χ1v) is 5.88. The van der Waals surface area contributed by atoms with Crippen molar-refractivity contribution in [2.75, 3.05) is 7.05 Å². The maximum absolute atomic E-state index is 5.04. The molecule has 3 nitrogen and oxygen atoms in total. The Morgan fingerprint density at radius 1 is 1.60 bits per heavy atom. The Hall–Kier alpha value is -1.13. The second kappa shape index (κ2) is 4.59. The van der Waals surface area contributed by atoms with Crippen LogP contribution in [0.15, 0.2) is 28.4 Å². The summed E-state index contributed by atoms with van der Waals surface area (Å²) in [4.78, 5) is 4.59. The fraction of sp³-hybridized carbons (Fsp3) is 0.364. The highest BCUT2D eigenvalue weighted by Crippen LogP contribution is 2.27. The molecule has 1 unspecified atom stereocenters. The lowest BCUT2D eigenvalue weighted by atomic mass is 10.2. The molecule has 2 rings (SSSR count). The summed E-state index contributed by atoms with van der Waals surface area (Å²) in [6.07, 6.45) is 4.44. The maximum atomic E-state index is 5.04. The molecule has 0 amide bonds. The maximum Gasteiger partial charge on any atom is 0.126 e. The fourth-order valence-electron chi connectivity index (χ4n) is 1.53. The summed E-state index contributed by atoms with van der Waals surface area (Å²) in [5.41, 5.74) is 2.17. The van der Waals surface area contributed by atoms with E-state index < -0.39 is 0 Å². The van der Waals surface area contributed by atoms with E-state index in [1.807, 2.05) is 13.1 Å². The summed E-state index contributed by atoms with van der Waals surface area (Å²) >= 11 is 1.66. The minimum atomic E-state index is 0.349.